The Morgan fingerprint density at radius 2 is 2.29 bits per heavy atom. The van der Waals surface area contributed by atoms with Gasteiger partial charge in [0.1, 0.15) is 29.2 Å². The maximum absolute atomic E-state index is 11.0. The lowest BCUT2D eigenvalue weighted by Gasteiger charge is -2.15. The van der Waals surface area contributed by atoms with Gasteiger partial charge in [0.05, 0.1) is 6.61 Å². The zero-order valence-corrected chi connectivity index (χ0v) is 13.7. The minimum absolute atomic E-state index is 0.0940. The lowest BCUT2D eigenvalue weighted by molar-refractivity contribution is -0.102. The van der Waals surface area contributed by atoms with Crippen molar-refractivity contribution in [3.8, 4) is 0 Å². The SMILES string of the molecule is CCOCCNc1c(Nc2ccncn2)nc(Cl)nc1C(=N)C=O. The number of ether oxygens (including phenoxy) is 1. The summed E-state index contributed by atoms with van der Waals surface area (Å²) in [6.07, 6.45) is 3.33. The van der Waals surface area contributed by atoms with Crippen LogP contribution >= 0.6 is 11.6 Å². The van der Waals surface area contributed by atoms with E-state index in [4.69, 9.17) is 21.7 Å². The first-order valence-corrected chi connectivity index (χ1v) is 7.49. The third kappa shape index (κ3) is 4.67. The number of carbonyl (C=O) groups is 1. The van der Waals surface area contributed by atoms with Crippen molar-refractivity contribution in [1.29, 1.82) is 5.41 Å². The highest BCUT2D eigenvalue weighted by atomic mass is 35.5. The minimum Gasteiger partial charge on any atom is -0.380 e. The largest absolute Gasteiger partial charge is 0.380 e. The second kappa shape index (κ2) is 8.85. The number of hydrogen-bond acceptors (Lipinski definition) is 9. The number of nitrogens with one attached hydrogen (secondary N) is 3. The fourth-order valence-electron chi connectivity index (χ4n) is 1.82. The molecule has 0 saturated heterocycles. The van der Waals surface area contributed by atoms with Crippen molar-refractivity contribution < 1.29 is 9.53 Å². The minimum atomic E-state index is -0.316. The molecule has 0 saturated carbocycles. The molecule has 0 spiro atoms. The van der Waals surface area contributed by atoms with E-state index in [1.54, 1.807) is 12.3 Å². The van der Waals surface area contributed by atoms with Gasteiger partial charge in [-0.1, -0.05) is 0 Å². The van der Waals surface area contributed by atoms with Gasteiger partial charge in [-0.25, -0.2) is 15.0 Å². The molecule has 0 atom stereocenters. The van der Waals surface area contributed by atoms with Crippen molar-refractivity contribution in [2.75, 3.05) is 30.4 Å². The second-order valence-electron chi connectivity index (χ2n) is 4.44. The molecule has 0 amide bonds. The Bertz CT molecular complexity index is 712. The maximum atomic E-state index is 11.0. The predicted octanol–water partition coefficient (Wildman–Crippen LogP) is 1.68. The molecule has 0 fully saturated rings. The molecule has 0 unspecified atom stereocenters. The Hall–Kier alpha value is -2.65. The first-order valence-electron chi connectivity index (χ1n) is 7.12. The molecule has 2 aromatic heterocycles. The molecule has 0 aliphatic rings. The normalized spacial score (nSPS) is 10.2. The van der Waals surface area contributed by atoms with Gasteiger partial charge in [0.15, 0.2) is 12.1 Å². The lowest BCUT2D eigenvalue weighted by Crippen LogP contribution is -2.17. The van der Waals surface area contributed by atoms with E-state index in [1.165, 1.54) is 6.33 Å². The number of aldehydes is 1. The Labute approximate surface area is 143 Å². The third-order valence-corrected chi connectivity index (χ3v) is 3.00. The van der Waals surface area contributed by atoms with Crippen molar-refractivity contribution in [3.05, 3.63) is 29.6 Å². The van der Waals surface area contributed by atoms with Crippen LogP contribution in [0.4, 0.5) is 17.3 Å². The zero-order valence-electron chi connectivity index (χ0n) is 12.9. The molecule has 126 valence electrons. The number of hydrogen-bond donors (Lipinski definition) is 3. The van der Waals surface area contributed by atoms with Gasteiger partial charge < -0.3 is 15.4 Å². The van der Waals surface area contributed by atoms with Crippen molar-refractivity contribution >= 4 is 40.9 Å². The quantitative estimate of drug-likeness (QED) is 0.270. The van der Waals surface area contributed by atoms with Gasteiger partial charge in [-0.15, -0.1) is 0 Å². The molecule has 9 nitrogen and oxygen atoms in total. The van der Waals surface area contributed by atoms with Crippen LogP contribution in [0.2, 0.25) is 5.28 Å². The molecule has 0 aliphatic carbocycles. The highest BCUT2D eigenvalue weighted by molar-refractivity contribution is 6.36. The standard InChI is InChI=1S/C14H16ClN7O2/c1-2-24-6-5-18-12-11(9(16)7-23)21-14(15)22-13(12)20-10-3-4-17-8-19-10/h3-4,7-8,16,18H,2,5-6H2,1H3,(H,17,19,20,21,22). The molecule has 0 aliphatic heterocycles. The van der Waals surface area contributed by atoms with Crippen molar-refractivity contribution in [2.45, 2.75) is 6.92 Å². The van der Waals surface area contributed by atoms with Crippen LogP contribution < -0.4 is 10.6 Å². The van der Waals surface area contributed by atoms with Gasteiger partial charge >= 0.3 is 0 Å². The molecule has 2 rings (SSSR count). The van der Waals surface area contributed by atoms with Crippen molar-refractivity contribution in [1.82, 2.24) is 19.9 Å². The predicted molar refractivity (Wildman–Crippen MR) is 90.2 cm³/mol. The number of nitrogens with zero attached hydrogens (tertiary/aromatic N) is 4. The summed E-state index contributed by atoms with van der Waals surface area (Å²) in [7, 11) is 0. The van der Waals surface area contributed by atoms with E-state index < -0.39 is 0 Å². The Balaban J connectivity index is 2.36. The van der Waals surface area contributed by atoms with E-state index in [-0.39, 0.29) is 16.7 Å². The van der Waals surface area contributed by atoms with Crippen LogP contribution in [0.15, 0.2) is 18.6 Å². The van der Waals surface area contributed by atoms with E-state index >= 15 is 0 Å². The van der Waals surface area contributed by atoms with Crippen molar-refractivity contribution in [2.24, 2.45) is 0 Å². The van der Waals surface area contributed by atoms with Crippen LogP contribution in [-0.4, -0.2) is 51.7 Å². The molecule has 2 heterocycles. The smallest absolute Gasteiger partial charge is 0.225 e. The van der Waals surface area contributed by atoms with Gasteiger partial charge in [-0.3, -0.25) is 10.2 Å². The first kappa shape index (κ1) is 17.7. The van der Waals surface area contributed by atoms with Gasteiger partial charge in [-0.2, -0.15) is 4.98 Å². The van der Waals surface area contributed by atoms with Gasteiger partial charge in [-0.05, 0) is 24.6 Å². The third-order valence-electron chi connectivity index (χ3n) is 2.84. The van der Waals surface area contributed by atoms with Gasteiger partial charge in [0, 0.05) is 19.3 Å². The van der Waals surface area contributed by atoms with Crippen LogP contribution in [0, 0.1) is 5.41 Å². The first-order chi connectivity index (χ1) is 11.7. The summed E-state index contributed by atoms with van der Waals surface area (Å²) in [5.74, 6) is 0.781. The van der Waals surface area contributed by atoms with Crippen LogP contribution in [0.25, 0.3) is 0 Å². The maximum Gasteiger partial charge on any atom is 0.225 e. The monoisotopic (exact) mass is 349 g/mol. The fraction of sp³-hybridized carbons (Fsp3) is 0.286. The van der Waals surface area contributed by atoms with Gasteiger partial charge in [0.25, 0.3) is 0 Å². The fourth-order valence-corrected chi connectivity index (χ4v) is 1.99. The number of carbonyl (C=O) groups excluding carboxylic acids is 1. The molecule has 10 heteroatoms. The summed E-state index contributed by atoms with van der Waals surface area (Å²) in [5.41, 5.74) is 0.150. The summed E-state index contributed by atoms with van der Waals surface area (Å²) in [6, 6.07) is 1.64. The lowest BCUT2D eigenvalue weighted by atomic mass is 10.2. The van der Waals surface area contributed by atoms with Gasteiger partial charge in [0.2, 0.25) is 5.28 Å². The summed E-state index contributed by atoms with van der Waals surface area (Å²) in [4.78, 5) is 27.0. The summed E-state index contributed by atoms with van der Waals surface area (Å²) < 4.78 is 5.27. The molecule has 0 aromatic carbocycles. The Kier molecular flexibility index (Phi) is 6.52. The topological polar surface area (TPSA) is 126 Å². The number of halogens is 1. The molecule has 2 aromatic rings. The summed E-state index contributed by atoms with van der Waals surface area (Å²) in [5, 5.41) is 13.7. The average molecular weight is 350 g/mol. The Morgan fingerprint density at radius 1 is 1.46 bits per heavy atom. The second-order valence-corrected chi connectivity index (χ2v) is 4.78. The van der Waals surface area contributed by atoms with E-state index in [0.29, 0.717) is 43.4 Å². The highest BCUT2D eigenvalue weighted by Gasteiger charge is 2.17. The van der Waals surface area contributed by atoms with Crippen LogP contribution in [-0.2, 0) is 9.53 Å². The number of anilines is 3. The molecule has 24 heavy (non-hydrogen) atoms. The molecular weight excluding hydrogens is 334 g/mol. The van der Waals surface area contributed by atoms with E-state index in [2.05, 4.69) is 30.6 Å². The molecule has 3 N–H and O–H groups in total. The molecule has 0 bridgehead atoms. The van der Waals surface area contributed by atoms with E-state index in [1.807, 2.05) is 6.92 Å². The van der Waals surface area contributed by atoms with Crippen LogP contribution in [0.3, 0.4) is 0 Å². The number of rotatable bonds is 9. The molecule has 0 radical (unpaired) electrons. The Morgan fingerprint density at radius 3 is 2.96 bits per heavy atom. The van der Waals surface area contributed by atoms with Crippen LogP contribution in [0.5, 0.6) is 0 Å². The molecular formula is C14H16ClN7O2. The summed E-state index contributed by atoms with van der Waals surface area (Å²) in [6.45, 7) is 3.36. The number of aromatic nitrogens is 4. The average Bonchev–Trinajstić information content (AvgIpc) is 2.60. The highest BCUT2D eigenvalue weighted by Crippen LogP contribution is 2.27. The van der Waals surface area contributed by atoms with E-state index in [9.17, 15) is 4.79 Å². The van der Waals surface area contributed by atoms with Crippen molar-refractivity contribution in [3.63, 3.8) is 0 Å². The zero-order chi connectivity index (χ0) is 17.4. The van der Waals surface area contributed by atoms with E-state index in [0.717, 1.165) is 0 Å². The summed E-state index contributed by atoms with van der Waals surface area (Å²) >= 11 is 5.91. The van der Waals surface area contributed by atoms with Crippen LogP contribution in [0.1, 0.15) is 12.6 Å².